The number of thioether (sulfide) groups is 1. The minimum absolute atomic E-state index is 0.00432. The van der Waals surface area contributed by atoms with E-state index in [9.17, 15) is 8.78 Å². The molecule has 1 aromatic carbocycles. The van der Waals surface area contributed by atoms with Crippen LogP contribution < -0.4 is 14.2 Å². The van der Waals surface area contributed by atoms with Crippen LogP contribution in [0.5, 0.6) is 17.2 Å². The summed E-state index contributed by atoms with van der Waals surface area (Å²) in [5.41, 5.74) is 2.53. The first-order valence-electron chi connectivity index (χ1n) is 7.36. The van der Waals surface area contributed by atoms with Crippen LogP contribution in [0.2, 0.25) is 0 Å². The number of alkyl halides is 2. The van der Waals surface area contributed by atoms with Crippen LogP contribution >= 0.6 is 11.8 Å². The smallest absolute Gasteiger partial charge is 0.497 e. The summed E-state index contributed by atoms with van der Waals surface area (Å²) in [7, 11) is 1.60. The fourth-order valence-electron chi connectivity index (χ4n) is 2.59. The molecule has 3 aromatic rings. The zero-order valence-corrected chi connectivity index (χ0v) is 14.1. The summed E-state index contributed by atoms with van der Waals surface area (Å²) in [5.74, 6) is 1.35. The summed E-state index contributed by atoms with van der Waals surface area (Å²) in [6.07, 6.45) is -1.96. The number of benzene rings is 1. The molecular formula is C16H13F2N3O3S. The Labute approximate surface area is 145 Å². The molecule has 1 aliphatic rings. The van der Waals surface area contributed by atoms with Crippen molar-refractivity contribution in [3.8, 4) is 17.2 Å². The first kappa shape index (κ1) is 15.9. The number of nitrogens with zero attached hydrogens (tertiary/aromatic N) is 2. The SMILES string of the molecule is COc1ccnc(CSc2nc3c(C)c4c(cc3[nH]2)OC(F)(F)O4)c1. The maximum absolute atomic E-state index is 13.2. The Balaban J connectivity index is 1.59. The number of aryl methyl sites for hydroxylation is 1. The molecule has 0 fully saturated rings. The van der Waals surface area contributed by atoms with E-state index in [1.807, 2.05) is 6.07 Å². The summed E-state index contributed by atoms with van der Waals surface area (Å²) in [6, 6.07) is 5.09. The number of halogens is 2. The molecule has 0 aliphatic carbocycles. The van der Waals surface area contributed by atoms with Crippen molar-refractivity contribution in [1.82, 2.24) is 15.0 Å². The second-order valence-electron chi connectivity index (χ2n) is 5.41. The highest BCUT2D eigenvalue weighted by atomic mass is 32.2. The van der Waals surface area contributed by atoms with E-state index in [0.29, 0.717) is 27.5 Å². The molecule has 0 unspecified atom stereocenters. The number of pyridine rings is 1. The Bertz CT molecular complexity index is 961. The number of hydrogen-bond acceptors (Lipinski definition) is 6. The van der Waals surface area contributed by atoms with Crippen molar-refractivity contribution in [3.63, 3.8) is 0 Å². The molecule has 0 atom stereocenters. The van der Waals surface area contributed by atoms with Gasteiger partial charge in [0.2, 0.25) is 0 Å². The molecule has 6 nitrogen and oxygen atoms in total. The summed E-state index contributed by atoms with van der Waals surface area (Å²) >= 11 is 1.45. The van der Waals surface area contributed by atoms with Crippen LogP contribution in [0.1, 0.15) is 11.3 Å². The Hall–Kier alpha value is -2.55. The van der Waals surface area contributed by atoms with E-state index in [4.69, 9.17) is 4.74 Å². The highest BCUT2D eigenvalue weighted by Crippen LogP contribution is 2.46. The number of aromatic nitrogens is 3. The molecule has 0 spiro atoms. The molecule has 0 amide bonds. The summed E-state index contributed by atoms with van der Waals surface area (Å²) in [6.45, 7) is 1.67. The number of imidazole rings is 1. The van der Waals surface area contributed by atoms with Crippen LogP contribution in [-0.2, 0) is 5.75 Å². The third kappa shape index (κ3) is 2.95. The van der Waals surface area contributed by atoms with Crippen molar-refractivity contribution < 1.29 is 23.0 Å². The lowest BCUT2D eigenvalue weighted by molar-refractivity contribution is -0.286. The molecule has 0 saturated carbocycles. The minimum Gasteiger partial charge on any atom is -0.497 e. The molecular weight excluding hydrogens is 352 g/mol. The zero-order valence-electron chi connectivity index (χ0n) is 13.3. The number of H-pyrrole nitrogens is 1. The van der Waals surface area contributed by atoms with Crippen LogP contribution in [0, 0.1) is 6.92 Å². The monoisotopic (exact) mass is 365 g/mol. The molecule has 0 bridgehead atoms. The molecule has 3 heterocycles. The third-order valence-corrected chi connectivity index (χ3v) is 4.64. The molecule has 0 saturated heterocycles. The average molecular weight is 365 g/mol. The molecule has 2 aromatic heterocycles. The Morgan fingerprint density at radius 3 is 2.96 bits per heavy atom. The van der Waals surface area contributed by atoms with Crippen molar-refractivity contribution >= 4 is 22.8 Å². The summed E-state index contributed by atoms with van der Waals surface area (Å²) in [5, 5.41) is 0.651. The quantitative estimate of drug-likeness (QED) is 0.708. The number of nitrogens with one attached hydrogen (secondary N) is 1. The largest absolute Gasteiger partial charge is 0.586 e. The number of methoxy groups -OCH3 is 1. The van der Waals surface area contributed by atoms with Crippen molar-refractivity contribution in [1.29, 1.82) is 0 Å². The zero-order chi connectivity index (χ0) is 17.6. The van der Waals surface area contributed by atoms with Crippen LogP contribution in [0.3, 0.4) is 0 Å². The maximum atomic E-state index is 13.2. The van der Waals surface area contributed by atoms with E-state index in [1.165, 1.54) is 17.8 Å². The molecule has 25 heavy (non-hydrogen) atoms. The van der Waals surface area contributed by atoms with Gasteiger partial charge in [0, 0.05) is 29.6 Å². The van der Waals surface area contributed by atoms with Gasteiger partial charge >= 0.3 is 6.29 Å². The van der Waals surface area contributed by atoms with Gasteiger partial charge in [0.15, 0.2) is 16.7 Å². The van der Waals surface area contributed by atoms with Crippen molar-refractivity contribution in [2.24, 2.45) is 0 Å². The first-order valence-corrected chi connectivity index (χ1v) is 8.34. The van der Waals surface area contributed by atoms with Gasteiger partial charge in [0.05, 0.1) is 23.8 Å². The minimum atomic E-state index is -3.64. The number of hydrogen-bond donors (Lipinski definition) is 1. The van der Waals surface area contributed by atoms with Crippen molar-refractivity contribution in [3.05, 3.63) is 35.7 Å². The van der Waals surface area contributed by atoms with Gasteiger partial charge in [0.1, 0.15) is 5.75 Å². The lowest BCUT2D eigenvalue weighted by atomic mass is 10.1. The fourth-order valence-corrected chi connectivity index (χ4v) is 3.37. The molecule has 0 radical (unpaired) electrons. The van der Waals surface area contributed by atoms with Gasteiger partial charge in [-0.2, -0.15) is 0 Å². The molecule has 1 aliphatic heterocycles. The van der Waals surface area contributed by atoms with Crippen LogP contribution in [0.4, 0.5) is 8.78 Å². The van der Waals surface area contributed by atoms with Gasteiger partial charge in [-0.1, -0.05) is 11.8 Å². The Morgan fingerprint density at radius 1 is 1.32 bits per heavy atom. The van der Waals surface area contributed by atoms with Gasteiger partial charge in [-0.25, -0.2) is 4.98 Å². The number of rotatable bonds is 4. The standard InChI is InChI=1S/C16H13F2N3O3S/c1-8-13-11(6-12-14(8)24-16(17,18)23-12)20-15(21-13)25-7-9-5-10(22-2)3-4-19-9/h3-6H,7H2,1-2H3,(H,20,21). The second-order valence-corrected chi connectivity index (χ2v) is 6.37. The highest BCUT2D eigenvalue weighted by molar-refractivity contribution is 7.98. The lowest BCUT2D eigenvalue weighted by Crippen LogP contribution is -2.26. The predicted molar refractivity (Wildman–Crippen MR) is 87.4 cm³/mol. The van der Waals surface area contributed by atoms with E-state index in [1.54, 1.807) is 26.3 Å². The second kappa shape index (κ2) is 5.76. The molecule has 1 N–H and O–H groups in total. The topological polar surface area (TPSA) is 69.3 Å². The van der Waals surface area contributed by atoms with E-state index in [0.717, 1.165) is 11.4 Å². The third-order valence-electron chi connectivity index (χ3n) is 3.74. The van der Waals surface area contributed by atoms with E-state index >= 15 is 0 Å². The molecule has 9 heteroatoms. The van der Waals surface area contributed by atoms with Crippen LogP contribution in [0.15, 0.2) is 29.6 Å². The fraction of sp³-hybridized carbons (Fsp3) is 0.250. The van der Waals surface area contributed by atoms with E-state index < -0.39 is 6.29 Å². The van der Waals surface area contributed by atoms with Crippen LogP contribution in [-0.4, -0.2) is 28.4 Å². The summed E-state index contributed by atoms with van der Waals surface area (Å²) in [4.78, 5) is 11.8. The van der Waals surface area contributed by atoms with Crippen molar-refractivity contribution in [2.75, 3.05) is 7.11 Å². The molecule has 130 valence electrons. The number of fused-ring (bicyclic) bond motifs is 2. The van der Waals surface area contributed by atoms with E-state index in [-0.39, 0.29) is 11.5 Å². The van der Waals surface area contributed by atoms with Gasteiger partial charge < -0.3 is 19.2 Å². The normalized spacial score (nSPS) is 14.9. The Morgan fingerprint density at radius 2 is 2.16 bits per heavy atom. The van der Waals surface area contributed by atoms with Gasteiger partial charge in [-0.3, -0.25) is 4.98 Å². The average Bonchev–Trinajstić information content (AvgIpc) is 3.13. The van der Waals surface area contributed by atoms with Gasteiger partial charge in [0.25, 0.3) is 0 Å². The lowest BCUT2D eigenvalue weighted by Gasteiger charge is -2.05. The predicted octanol–water partition coefficient (Wildman–Crippen LogP) is 3.89. The highest BCUT2D eigenvalue weighted by Gasteiger charge is 2.44. The van der Waals surface area contributed by atoms with Crippen molar-refractivity contribution in [2.45, 2.75) is 24.1 Å². The van der Waals surface area contributed by atoms with Gasteiger partial charge in [-0.15, -0.1) is 8.78 Å². The van der Waals surface area contributed by atoms with Gasteiger partial charge in [-0.05, 0) is 13.0 Å². The van der Waals surface area contributed by atoms with E-state index in [2.05, 4.69) is 24.4 Å². The van der Waals surface area contributed by atoms with Crippen LogP contribution in [0.25, 0.3) is 11.0 Å². The first-order chi connectivity index (χ1) is 11.9. The Kier molecular flexibility index (Phi) is 3.68. The maximum Gasteiger partial charge on any atom is 0.586 e. The molecule has 4 rings (SSSR count). The number of ether oxygens (including phenoxy) is 3. The summed E-state index contributed by atoms with van der Waals surface area (Å²) < 4.78 is 40.7. The number of aromatic amines is 1.